The molecule has 0 unspecified atom stereocenters. The third-order valence-electron chi connectivity index (χ3n) is 4.27. The molecule has 0 radical (unpaired) electrons. The summed E-state index contributed by atoms with van der Waals surface area (Å²) in [6.07, 6.45) is 0. The normalized spacial score (nSPS) is 11.1. The molecule has 0 atom stereocenters. The number of aryl methyl sites for hydroxylation is 2. The van der Waals surface area contributed by atoms with E-state index in [4.69, 9.17) is 4.74 Å². The fourth-order valence-corrected chi connectivity index (χ4v) is 3.85. The van der Waals surface area contributed by atoms with Crippen LogP contribution < -0.4 is 0 Å². The molecular weight excluding hydrogens is 350 g/mol. The number of fused-ring (bicyclic) bond motifs is 1. The summed E-state index contributed by atoms with van der Waals surface area (Å²) in [6, 6.07) is 7.85. The van der Waals surface area contributed by atoms with E-state index in [0.717, 1.165) is 16.2 Å². The van der Waals surface area contributed by atoms with Crippen molar-refractivity contribution in [2.75, 3.05) is 12.4 Å². The Morgan fingerprint density at radius 3 is 2.69 bits per heavy atom. The van der Waals surface area contributed by atoms with Crippen LogP contribution in [-0.2, 0) is 11.8 Å². The van der Waals surface area contributed by atoms with Gasteiger partial charge in [-0.15, -0.1) is 0 Å². The number of carbonyl (C=O) groups excluding carboxylic acids is 2. The van der Waals surface area contributed by atoms with Gasteiger partial charge < -0.3 is 14.3 Å². The number of carbonyl (C=O) groups is 2. The number of nitrogens with one attached hydrogen (secondary N) is 1. The van der Waals surface area contributed by atoms with Crippen molar-refractivity contribution in [3.63, 3.8) is 0 Å². The molecule has 0 amide bonds. The molecule has 7 heteroatoms. The highest BCUT2D eigenvalue weighted by molar-refractivity contribution is 7.99. The molecule has 0 aliphatic heterocycles. The van der Waals surface area contributed by atoms with E-state index in [1.165, 1.54) is 11.8 Å². The summed E-state index contributed by atoms with van der Waals surface area (Å²) in [5.41, 5.74) is 4.12. The van der Waals surface area contributed by atoms with Crippen LogP contribution in [0.1, 0.15) is 39.0 Å². The van der Waals surface area contributed by atoms with Crippen LogP contribution in [0.15, 0.2) is 29.4 Å². The minimum atomic E-state index is -0.402. The highest BCUT2D eigenvalue weighted by Gasteiger charge is 2.23. The zero-order chi connectivity index (χ0) is 18.8. The van der Waals surface area contributed by atoms with Gasteiger partial charge in [0.1, 0.15) is 0 Å². The van der Waals surface area contributed by atoms with Gasteiger partial charge in [0.05, 0.1) is 34.7 Å². The number of rotatable bonds is 6. The van der Waals surface area contributed by atoms with Crippen molar-refractivity contribution in [3.8, 4) is 0 Å². The number of ketones is 1. The van der Waals surface area contributed by atoms with Gasteiger partial charge in [-0.2, -0.15) is 0 Å². The standard InChI is InChI=1S/C19H21N3O3S/c1-5-25-18(24)16-11(2)17(20-12(16)3)15(23)10-26-19-21-13-8-6-7-9-14(13)22(19)4/h6-9,20H,5,10H2,1-4H3. The number of para-hydroxylation sites is 2. The van der Waals surface area contributed by atoms with Crippen molar-refractivity contribution in [1.29, 1.82) is 0 Å². The molecule has 1 aromatic carbocycles. The number of imidazole rings is 1. The summed E-state index contributed by atoms with van der Waals surface area (Å²) >= 11 is 1.38. The third kappa shape index (κ3) is 3.26. The highest BCUT2D eigenvalue weighted by atomic mass is 32.2. The smallest absolute Gasteiger partial charge is 0.340 e. The number of hydrogen-bond acceptors (Lipinski definition) is 5. The molecule has 2 heterocycles. The van der Waals surface area contributed by atoms with E-state index in [2.05, 4.69) is 9.97 Å². The summed E-state index contributed by atoms with van der Waals surface area (Å²) in [5.74, 6) is -0.237. The molecule has 136 valence electrons. The molecule has 0 aliphatic rings. The Hall–Kier alpha value is -2.54. The number of esters is 1. The van der Waals surface area contributed by atoms with E-state index in [9.17, 15) is 9.59 Å². The maximum Gasteiger partial charge on any atom is 0.340 e. The minimum Gasteiger partial charge on any atom is -0.462 e. The van der Waals surface area contributed by atoms with Gasteiger partial charge >= 0.3 is 5.97 Å². The molecule has 0 bridgehead atoms. The summed E-state index contributed by atoms with van der Waals surface area (Å²) in [5, 5.41) is 0.783. The number of H-pyrrole nitrogens is 1. The van der Waals surface area contributed by atoms with Crippen molar-refractivity contribution in [2.24, 2.45) is 7.05 Å². The molecule has 0 saturated carbocycles. The number of Topliss-reactive ketones (excluding diaryl/α,β-unsaturated/α-hetero) is 1. The van der Waals surface area contributed by atoms with Crippen molar-refractivity contribution >= 4 is 34.5 Å². The van der Waals surface area contributed by atoms with E-state index in [1.54, 1.807) is 20.8 Å². The van der Waals surface area contributed by atoms with Crippen molar-refractivity contribution < 1.29 is 14.3 Å². The first-order chi connectivity index (χ1) is 12.4. The monoisotopic (exact) mass is 371 g/mol. The topological polar surface area (TPSA) is 77.0 Å². The predicted molar refractivity (Wildman–Crippen MR) is 102 cm³/mol. The van der Waals surface area contributed by atoms with Crippen LogP contribution in [0.4, 0.5) is 0 Å². The van der Waals surface area contributed by atoms with E-state index in [0.29, 0.717) is 29.1 Å². The SMILES string of the molecule is CCOC(=O)c1c(C)[nH]c(C(=O)CSc2nc3ccccc3n2C)c1C. The van der Waals surface area contributed by atoms with Gasteiger partial charge in [0.15, 0.2) is 10.9 Å². The molecule has 2 aromatic heterocycles. The lowest BCUT2D eigenvalue weighted by atomic mass is 10.1. The minimum absolute atomic E-state index is 0.0711. The van der Waals surface area contributed by atoms with Gasteiger partial charge in [-0.1, -0.05) is 23.9 Å². The average molecular weight is 371 g/mol. The van der Waals surface area contributed by atoms with Crippen LogP contribution >= 0.6 is 11.8 Å². The summed E-state index contributed by atoms with van der Waals surface area (Å²) < 4.78 is 7.05. The fourth-order valence-electron chi connectivity index (χ4n) is 2.99. The Kier molecular flexibility index (Phi) is 5.18. The van der Waals surface area contributed by atoms with Gasteiger partial charge in [0, 0.05) is 12.7 Å². The lowest BCUT2D eigenvalue weighted by Gasteiger charge is -2.03. The van der Waals surface area contributed by atoms with Crippen LogP contribution in [0.3, 0.4) is 0 Å². The van der Waals surface area contributed by atoms with Crippen LogP contribution in [0.5, 0.6) is 0 Å². The first-order valence-electron chi connectivity index (χ1n) is 8.37. The van der Waals surface area contributed by atoms with Crippen LogP contribution in [0.25, 0.3) is 11.0 Å². The summed E-state index contributed by atoms with van der Waals surface area (Å²) in [4.78, 5) is 32.3. The van der Waals surface area contributed by atoms with Crippen LogP contribution in [-0.4, -0.2) is 38.6 Å². The third-order valence-corrected chi connectivity index (χ3v) is 5.30. The van der Waals surface area contributed by atoms with E-state index >= 15 is 0 Å². The number of aromatic nitrogens is 3. The molecule has 3 rings (SSSR count). The van der Waals surface area contributed by atoms with Crippen molar-refractivity contribution in [2.45, 2.75) is 25.9 Å². The van der Waals surface area contributed by atoms with E-state index < -0.39 is 5.97 Å². The zero-order valence-electron chi connectivity index (χ0n) is 15.3. The largest absolute Gasteiger partial charge is 0.462 e. The Bertz CT molecular complexity index is 987. The number of benzene rings is 1. The molecule has 6 nitrogen and oxygen atoms in total. The molecule has 0 fully saturated rings. The molecule has 3 aromatic rings. The molecule has 1 N–H and O–H groups in total. The number of thioether (sulfide) groups is 1. The number of ether oxygens (including phenoxy) is 1. The predicted octanol–water partition coefficient (Wildman–Crippen LogP) is 3.67. The number of nitrogens with zero attached hydrogens (tertiary/aromatic N) is 2. The van der Waals surface area contributed by atoms with Crippen LogP contribution in [0, 0.1) is 13.8 Å². The molecule has 0 spiro atoms. The Labute approximate surface area is 155 Å². The van der Waals surface area contributed by atoms with Gasteiger partial charge in [0.25, 0.3) is 0 Å². The maximum atomic E-state index is 12.7. The van der Waals surface area contributed by atoms with Crippen molar-refractivity contribution in [1.82, 2.24) is 14.5 Å². The molecule has 26 heavy (non-hydrogen) atoms. The molecule has 0 aliphatic carbocycles. The van der Waals surface area contributed by atoms with Gasteiger partial charge in [-0.25, -0.2) is 9.78 Å². The quantitative estimate of drug-likeness (QED) is 0.406. The van der Waals surface area contributed by atoms with Gasteiger partial charge in [-0.05, 0) is 38.5 Å². The van der Waals surface area contributed by atoms with Crippen LogP contribution in [0.2, 0.25) is 0 Å². The van der Waals surface area contributed by atoms with Gasteiger partial charge in [0.2, 0.25) is 0 Å². The lowest BCUT2D eigenvalue weighted by molar-refractivity contribution is 0.0525. The van der Waals surface area contributed by atoms with E-state index in [1.807, 2.05) is 35.9 Å². The molecule has 0 saturated heterocycles. The molecular formula is C19H21N3O3S. The van der Waals surface area contributed by atoms with Gasteiger partial charge in [-0.3, -0.25) is 4.79 Å². The first-order valence-corrected chi connectivity index (χ1v) is 9.36. The first kappa shape index (κ1) is 18.3. The fraction of sp³-hybridized carbons (Fsp3) is 0.316. The van der Waals surface area contributed by atoms with E-state index in [-0.39, 0.29) is 11.5 Å². The average Bonchev–Trinajstić information content (AvgIpc) is 3.10. The number of hydrogen-bond donors (Lipinski definition) is 1. The Morgan fingerprint density at radius 2 is 2.00 bits per heavy atom. The lowest BCUT2D eigenvalue weighted by Crippen LogP contribution is -2.08. The second-order valence-corrected chi connectivity index (χ2v) is 6.94. The Morgan fingerprint density at radius 1 is 1.27 bits per heavy atom. The zero-order valence-corrected chi connectivity index (χ0v) is 16.1. The maximum absolute atomic E-state index is 12.7. The highest BCUT2D eigenvalue weighted by Crippen LogP contribution is 2.25. The van der Waals surface area contributed by atoms with Crippen molar-refractivity contribution in [3.05, 3.63) is 46.8 Å². The Balaban J connectivity index is 1.79. The second kappa shape index (κ2) is 7.37. The summed E-state index contributed by atoms with van der Waals surface area (Å²) in [6.45, 7) is 5.60. The second-order valence-electron chi connectivity index (χ2n) is 6.00. The number of aromatic amines is 1. The summed E-state index contributed by atoms with van der Waals surface area (Å²) in [7, 11) is 1.94.